The number of rotatable bonds is 10. The second kappa shape index (κ2) is 14.9. The maximum atomic E-state index is 13.3. The Hall–Kier alpha value is -1.88. The van der Waals surface area contributed by atoms with Crippen molar-refractivity contribution in [3.63, 3.8) is 0 Å². The number of quaternary nitrogens is 2. The molecule has 10 heteroatoms. The molecule has 5 unspecified atom stereocenters. The van der Waals surface area contributed by atoms with Gasteiger partial charge < -0.3 is 28.7 Å². The lowest BCUT2D eigenvalue weighted by atomic mass is 9.32. The van der Waals surface area contributed by atoms with Crippen molar-refractivity contribution in [3.05, 3.63) is 12.2 Å². The number of nitrogens with zero attached hydrogens (tertiary/aromatic N) is 6. The number of fused-ring (bicyclic) bond motifs is 13. The molecule has 6 heterocycles. The van der Waals surface area contributed by atoms with Crippen molar-refractivity contribution in [2.24, 2.45) is 66.6 Å². The zero-order valence-corrected chi connectivity index (χ0v) is 37.6. The van der Waals surface area contributed by atoms with Gasteiger partial charge in [0, 0.05) is 52.0 Å². The van der Waals surface area contributed by atoms with E-state index in [9.17, 15) is 10.2 Å². The fraction of sp³-hybridized carbons (Fsp3) is 0.917. The van der Waals surface area contributed by atoms with Crippen LogP contribution in [0, 0.1) is 56.7 Å². The Kier molecular flexibility index (Phi) is 10.6. The van der Waals surface area contributed by atoms with Crippen molar-refractivity contribution in [2.45, 2.75) is 112 Å². The largest absolute Gasteiger partial charge is 0.600 e. The van der Waals surface area contributed by atoms with Crippen LogP contribution < -0.4 is 10.2 Å². The molecule has 5 aliphatic carbocycles. The zero-order chi connectivity index (χ0) is 40.8. The summed E-state index contributed by atoms with van der Waals surface area (Å²) >= 11 is 0. The first-order valence-electron chi connectivity index (χ1n) is 24.1. The van der Waals surface area contributed by atoms with Crippen molar-refractivity contribution < 1.29 is 28.7 Å². The molecule has 6 aliphatic heterocycles. The topological polar surface area (TPSA) is 95.8 Å². The first kappa shape index (κ1) is 41.5. The Morgan fingerprint density at radius 1 is 0.672 bits per heavy atom. The first-order chi connectivity index (χ1) is 27.6. The maximum absolute atomic E-state index is 13.3. The minimum Gasteiger partial charge on any atom is -0.600 e. The van der Waals surface area contributed by atoms with Crippen molar-refractivity contribution in [1.29, 1.82) is 0 Å². The number of hydrogen-bond donors (Lipinski definition) is 0. The molecule has 0 N–H and O–H groups in total. The summed E-state index contributed by atoms with van der Waals surface area (Å²) in [5.74, 6) is 2.75. The third-order valence-corrected chi connectivity index (χ3v) is 20.9. The minimum absolute atomic E-state index is 0.0237. The highest BCUT2D eigenvalue weighted by atomic mass is 16.6. The highest BCUT2D eigenvalue weighted by Crippen LogP contribution is 2.77. The van der Waals surface area contributed by atoms with Gasteiger partial charge in [-0.3, -0.25) is 19.8 Å². The van der Waals surface area contributed by atoms with Gasteiger partial charge in [-0.1, -0.05) is 46.8 Å². The fourth-order valence-corrected chi connectivity index (χ4v) is 17.0. The van der Waals surface area contributed by atoms with Gasteiger partial charge in [0.1, 0.15) is 12.2 Å². The molecule has 0 spiro atoms. The van der Waals surface area contributed by atoms with E-state index in [0.29, 0.717) is 49.3 Å². The van der Waals surface area contributed by atoms with E-state index in [2.05, 4.69) is 67.9 Å². The molecule has 0 amide bonds. The molecule has 11 aliphatic rings. The first-order valence-corrected chi connectivity index (χ1v) is 24.1. The Labute approximate surface area is 351 Å². The average molecular weight is 805 g/mol. The summed E-state index contributed by atoms with van der Waals surface area (Å²) in [5, 5.41) is 26.6. The van der Waals surface area contributed by atoms with Crippen molar-refractivity contribution in [3.8, 4) is 0 Å². The molecule has 58 heavy (non-hydrogen) atoms. The molecule has 326 valence electrons. The van der Waals surface area contributed by atoms with E-state index in [1.165, 1.54) is 116 Å². The van der Waals surface area contributed by atoms with Crippen LogP contribution in [0.4, 0.5) is 0 Å². The van der Waals surface area contributed by atoms with Gasteiger partial charge in [0.15, 0.2) is 0 Å². The molecular weight excluding hydrogens is 725 g/mol. The third-order valence-electron chi connectivity index (χ3n) is 20.9. The predicted molar refractivity (Wildman–Crippen MR) is 227 cm³/mol. The van der Waals surface area contributed by atoms with Gasteiger partial charge in [-0.05, 0) is 128 Å². The van der Waals surface area contributed by atoms with Gasteiger partial charge in [0.2, 0.25) is 0 Å². The van der Waals surface area contributed by atoms with Crippen molar-refractivity contribution in [2.75, 3.05) is 111 Å². The van der Waals surface area contributed by atoms with Gasteiger partial charge in [-0.2, -0.15) is 0 Å². The van der Waals surface area contributed by atoms with Crippen LogP contribution in [0.15, 0.2) is 22.1 Å². The summed E-state index contributed by atoms with van der Waals surface area (Å²) in [6, 6.07) is 0. The summed E-state index contributed by atoms with van der Waals surface area (Å²) in [6.07, 6.45) is 10.9. The van der Waals surface area contributed by atoms with Crippen LogP contribution in [0.25, 0.3) is 0 Å². The van der Waals surface area contributed by atoms with Crippen LogP contribution in [0.2, 0.25) is 0 Å². The zero-order valence-electron chi connectivity index (χ0n) is 37.6. The highest BCUT2D eigenvalue weighted by Gasteiger charge is 2.70. The smallest absolute Gasteiger partial charge is 0.145 e. The van der Waals surface area contributed by atoms with Crippen LogP contribution in [-0.2, 0) is 9.47 Å². The fourth-order valence-electron chi connectivity index (χ4n) is 17.0. The standard InChI is InChI=1S/C48H80N6O4/c1-35(2)36-10-15-48(34-57-42(55)49-18-26-53-28-20-51(21-29-53)22-30-53)17-16-46(6)37(41(36)48)8-9-39-45(5)13-12-40(44(3,4)38(45)11-14-47(39,46)7)58-43(56)50-19-27-54-31-23-52(24-32-54)25-33-54/h36-41H,1,8-34H2,2-7H3/t36?,37?,38?,39?,40-,41?,45-,46+,47+,48+/m0/s1. The maximum Gasteiger partial charge on any atom is 0.145 e. The summed E-state index contributed by atoms with van der Waals surface area (Å²) in [6.45, 7) is 37.6. The molecule has 4 bridgehead atoms. The second-order valence-electron chi connectivity index (χ2n) is 23.3. The number of hydrogen-bond acceptors (Lipinski definition) is 8. The Balaban J connectivity index is 0.870. The monoisotopic (exact) mass is 805 g/mol. The molecular formula is C48H80N6O4. The molecule has 11 rings (SSSR count). The SMILES string of the molecule is C=C(C)C1CC[C@]2(COC([O-])=NCC[N+]34CCN(CC3)CC4)CC[C@]3(C)C(CCC4[C@@]5(C)CC[C@H](OC([O-])=NCC[N+]67CCN(CC6)CC7)C(C)(C)C5CC[C@]43C)C12. The van der Waals surface area contributed by atoms with Gasteiger partial charge in [-0.25, -0.2) is 0 Å². The van der Waals surface area contributed by atoms with Crippen molar-refractivity contribution >= 4 is 12.2 Å². The summed E-state index contributed by atoms with van der Waals surface area (Å²) < 4.78 is 14.8. The van der Waals surface area contributed by atoms with E-state index in [0.717, 1.165) is 54.2 Å². The number of ether oxygens (including phenoxy) is 2. The van der Waals surface area contributed by atoms with Crippen LogP contribution in [-0.4, -0.2) is 148 Å². The highest BCUT2D eigenvalue weighted by molar-refractivity contribution is 5.62. The lowest BCUT2D eigenvalue weighted by Crippen LogP contribution is -2.67. The molecule has 0 aromatic rings. The summed E-state index contributed by atoms with van der Waals surface area (Å²) in [5.41, 5.74) is 1.91. The molecule has 6 saturated heterocycles. The quantitative estimate of drug-likeness (QED) is 0.137. The van der Waals surface area contributed by atoms with Gasteiger partial charge in [0.05, 0.1) is 65.4 Å². The average Bonchev–Trinajstić information content (AvgIpc) is 3.60. The lowest BCUT2D eigenvalue weighted by molar-refractivity contribution is -0.939. The molecule has 11 fully saturated rings. The molecule has 0 aromatic carbocycles. The van der Waals surface area contributed by atoms with Gasteiger partial charge in [0.25, 0.3) is 0 Å². The Morgan fingerprint density at radius 2 is 1.26 bits per heavy atom. The van der Waals surface area contributed by atoms with E-state index in [1.54, 1.807) is 0 Å². The van der Waals surface area contributed by atoms with Crippen LogP contribution in [0.3, 0.4) is 0 Å². The van der Waals surface area contributed by atoms with E-state index in [4.69, 9.17) is 9.47 Å². The number of allylic oxidation sites excluding steroid dienone is 1. The summed E-state index contributed by atoms with van der Waals surface area (Å²) in [4.78, 5) is 14.2. The summed E-state index contributed by atoms with van der Waals surface area (Å²) in [7, 11) is 0. The van der Waals surface area contributed by atoms with Crippen LogP contribution >= 0.6 is 0 Å². The molecule has 10 nitrogen and oxygen atoms in total. The molecule has 0 aromatic heterocycles. The van der Waals surface area contributed by atoms with E-state index < -0.39 is 0 Å². The van der Waals surface area contributed by atoms with E-state index >= 15 is 0 Å². The number of piperazine rings is 6. The normalized spacial score (nSPS) is 49.3. The molecule has 10 atom stereocenters. The Bertz CT molecular complexity index is 1590. The molecule has 0 radical (unpaired) electrons. The molecule has 5 saturated carbocycles. The third kappa shape index (κ3) is 6.69. The Morgan fingerprint density at radius 3 is 1.84 bits per heavy atom. The second-order valence-corrected chi connectivity index (χ2v) is 23.3. The predicted octanol–water partition coefficient (Wildman–Crippen LogP) is 4.77. The van der Waals surface area contributed by atoms with Crippen LogP contribution in [0.5, 0.6) is 0 Å². The number of aliphatic imine (C=N–C) groups is 2. The van der Waals surface area contributed by atoms with Gasteiger partial charge in [-0.15, -0.1) is 0 Å². The minimum atomic E-state index is -0.336. The van der Waals surface area contributed by atoms with Gasteiger partial charge >= 0.3 is 0 Å². The van der Waals surface area contributed by atoms with E-state index in [-0.39, 0.29) is 45.3 Å². The van der Waals surface area contributed by atoms with E-state index in [1.807, 2.05) is 0 Å². The van der Waals surface area contributed by atoms with Crippen LogP contribution in [0.1, 0.15) is 106 Å². The lowest BCUT2D eigenvalue weighted by Gasteiger charge is -2.73. The van der Waals surface area contributed by atoms with Crippen molar-refractivity contribution in [1.82, 2.24) is 9.80 Å².